The van der Waals surface area contributed by atoms with Crippen LogP contribution in [0.25, 0.3) is 0 Å². The standard InChI is InChI=1S/C15H26N2O2S/c1-5-6-10-17(4)20(18,19)15-9-7-8-14(11-15)12-16-13(2)3/h7-9,11,13,16H,5-6,10,12H2,1-4H3. The van der Waals surface area contributed by atoms with Crippen LogP contribution in [0.2, 0.25) is 0 Å². The van der Waals surface area contributed by atoms with Crippen molar-refractivity contribution in [3.63, 3.8) is 0 Å². The van der Waals surface area contributed by atoms with Crippen LogP contribution in [0.1, 0.15) is 39.2 Å². The molecule has 1 aromatic carbocycles. The number of nitrogens with zero attached hydrogens (tertiary/aromatic N) is 1. The first-order valence-corrected chi connectivity index (χ1v) is 8.60. The molecule has 0 spiro atoms. The first-order valence-electron chi connectivity index (χ1n) is 7.16. The van der Waals surface area contributed by atoms with E-state index in [1.54, 1.807) is 25.2 Å². The number of hydrogen-bond acceptors (Lipinski definition) is 3. The normalized spacial score (nSPS) is 12.3. The van der Waals surface area contributed by atoms with E-state index >= 15 is 0 Å². The quantitative estimate of drug-likeness (QED) is 0.802. The van der Waals surface area contributed by atoms with Gasteiger partial charge in [-0.25, -0.2) is 12.7 Å². The third-order valence-corrected chi connectivity index (χ3v) is 5.00. The van der Waals surface area contributed by atoms with Gasteiger partial charge in [0.1, 0.15) is 0 Å². The topological polar surface area (TPSA) is 49.4 Å². The maximum Gasteiger partial charge on any atom is 0.242 e. The summed E-state index contributed by atoms with van der Waals surface area (Å²) in [4.78, 5) is 0.374. The molecule has 0 aliphatic carbocycles. The lowest BCUT2D eigenvalue weighted by molar-refractivity contribution is 0.459. The Balaban J connectivity index is 2.87. The Labute approximate surface area is 123 Å². The van der Waals surface area contributed by atoms with E-state index in [0.29, 0.717) is 24.0 Å². The van der Waals surface area contributed by atoms with Crippen molar-refractivity contribution < 1.29 is 8.42 Å². The molecule has 0 unspecified atom stereocenters. The van der Waals surface area contributed by atoms with E-state index in [2.05, 4.69) is 26.1 Å². The molecule has 0 aliphatic heterocycles. The summed E-state index contributed by atoms with van der Waals surface area (Å²) in [6, 6.07) is 7.55. The number of rotatable bonds is 8. The Morgan fingerprint density at radius 2 is 2.00 bits per heavy atom. The van der Waals surface area contributed by atoms with Gasteiger partial charge in [-0.3, -0.25) is 0 Å². The van der Waals surface area contributed by atoms with Gasteiger partial charge in [0.25, 0.3) is 0 Å². The molecule has 1 rings (SSSR count). The van der Waals surface area contributed by atoms with E-state index in [4.69, 9.17) is 0 Å². The van der Waals surface area contributed by atoms with Gasteiger partial charge in [-0.15, -0.1) is 0 Å². The summed E-state index contributed by atoms with van der Waals surface area (Å²) in [6.07, 6.45) is 1.86. The van der Waals surface area contributed by atoms with Crippen LogP contribution in [0.3, 0.4) is 0 Å². The summed E-state index contributed by atoms with van der Waals surface area (Å²) >= 11 is 0. The third kappa shape index (κ3) is 4.89. The van der Waals surface area contributed by atoms with E-state index in [1.807, 2.05) is 6.07 Å². The molecule has 0 radical (unpaired) electrons. The van der Waals surface area contributed by atoms with Crippen molar-refractivity contribution in [2.24, 2.45) is 0 Å². The zero-order valence-corrected chi connectivity index (χ0v) is 13.7. The molecule has 1 aromatic rings. The Morgan fingerprint density at radius 3 is 2.60 bits per heavy atom. The number of nitrogens with one attached hydrogen (secondary N) is 1. The van der Waals surface area contributed by atoms with Crippen molar-refractivity contribution in [3.8, 4) is 0 Å². The van der Waals surface area contributed by atoms with Crippen molar-refractivity contribution in [1.29, 1.82) is 0 Å². The van der Waals surface area contributed by atoms with Crippen molar-refractivity contribution in [3.05, 3.63) is 29.8 Å². The highest BCUT2D eigenvalue weighted by Gasteiger charge is 2.20. The predicted molar refractivity (Wildman–Crippen MR) is 83.1 cm³/mol. The molecule has 1 N–H and O–H groups in total. The first kappa shape index (κ1) is 17.1. The largest absolute Gasteiger partial charge is 0.310 e. The summed E-state index contributed by atoms with van der Waals surface area (Å²) < 4.78 is 26.3. The highest BCUT2D eigenvalue weighted by molar-refractivity contribution is 7.89. The van der Waals surface area contributed by atoms with Crippen LogP contribution in [0.5, 0.6) is 0 Å². The van der Waals surface area contributed by atoms with E-state index in [1.165, 1.54) is 4.31 Å². The van der Waals surface area contributed by atoms with Gasteiger partial charge in [0.15, 0.2) is 0 Å². The zero-order valence-electron chi connectivity index (χ0n) is 12.9. The molecular weight excluding hydrogens is 272 g/mol. The minimum Gasteiger partial charge on any atom is -0.310 e. The molecule has 0 aliphatic rings. The van der Waals surface area contributed by atoms with Crippen LogP contribution in [0, 0.1) is 0 Å². The molecular formula is C15H26N2O2S. The fourth-order valence-electron chi connectivity index (χ4n) is 1.82. The van der Waals surface area contributed by atoms with Gasteiger partial charge in [-0.1, -0.05) is 39.3 Å². The van der Waals surface area contributed by atoms with Crippen molar-refractivity contribution in [2.45, 2.75) is 51.1 Å². The van der Waals surface area contributed by atoms with E-state index < -0.39 is 10.0 Å². The highest BCUT2D eigenvalue weighted by atomic mass is 32.2. The molecule has 0 fully saturated rings. The van der Waals surface area contributed by atoms with Gasteiger partial charge in [-0.05, 0) is 24.1 Å². The van der Waals surface area contributed by atoms with Crippen LogP contribution in [0.15, 0.2) is 29.2 Å². The zero-order chi connectivity index (χ0) is 15.2. The number of sulfonamides is 1. The lowest BCUT2D eigenvalue weighted by Gasteiger charge is -2.17. The van der Waals surface area contributed by atoms with Gasteiger partial charge in [-0.2, -0.15) is 0 Å². The smallest absolute Gasteiger partial charge is 0.242 e. The van der Waals surface area contributed by atoms with Crippen LogP contribution in [-0.2, 0) is 16.6 Å². The molecule has 5 heteroatoms. The van der Waals surface area contributed by atoms with Gasteiger partial charge in [0.2, 0.25) is 10.0 Å². The van der Waals surface area contributed by atoms with Crippen LogP contribution < -0.4 is 5.32 Å². The average molecular weight is 298 g/mol. The van der Waals surface area contributed by atoms with Gasteiger partial charge >= 0.3 is 0 Å². The highest BCUT2D eigenvalue weighted by Crippen LogP contribution is 2.16. The Hall–Kier alpha value is -0.910. The first-order chi connectivity index (χ1) is 9.37. The number of unbranched alkanes of at least 4 members (excludes halogenated alkanes) is 1. The third-order valence-electron chi connectivity index (χ3n) is 3.15. The van der Waals surface area contributed by atoms with Gasteiger partial charge in [0.05, 0.1) is 4.90 Å². The minimum atomic E-state index is -3.37. The SMILES string of the molecule is CCCCN(C)S(=O)(=O)c1cccc(CNC(C)C)c1. The van der Waals surface area contributed by atoms with Crippen LogP contribution in [-0.4, -0.2) is 32.4 Å². The molecule has 0 bridgehead atoms. The second-order valence-corrected chi connectivity index (χ2v) is 7.41. The fourth-order valence-corrected chi connectivity index (χ4v) is 3.10. The lowest BCUT2D eigenvalue weighted by Crippen LogP contribution is -2.28. The predicted octanol–water partition coefficient (Wildman–Crippen LogP) is 2.61. The Morgan fingerprint density at radius 1 is 1.30 bits per heavy atom. The Kier molecular flexibility index (Phi) is 6.65. The fraction of sp³-hybridized carbons (Fsp3) is 0.600. The van der Waals surface area contributed by atoms with Crippen molar-refractivity contribution in [2.75, 3.05) is 13.6 Å². The summed E-state index contributed by atoms with van der Waals surface area (Å²) in [6.45, 7) is 7.43. The van der Waals surface area contributed by atoms with E-state index in [0.717, 1.165) is 18.4 Å². The maximum absolute atomic E-state index is 12.4. The molecule has 0 amide bonds. The molecule has 0 saturated carbocycles. The molecule has 4 nitrogen and oxygen atoms in total. The van der Waals surface area contributed by atoms with Gasteiger partial charge in [0, 0.05) is 26.2 Å². The molecule has 0 atom stereocenters. The molecule has 114 valence electrons. The molecule has 20 heavy (non-hydrogen) atoms. The summed E-state index contributed by atoms with van der Waals surface area (Å²) in [7, 11) is -1.72. The van der Waals surface area contributed by atoms with Crippen LogP contribution >= 0.6 is 0 Å². The van der Waals surface area contributed by atoms with Crippen molar-refractivity contribution in [1.82, 2.24) is 9.62 Å². The Bertz CT molecular complexity index is 512. The second-order valence-electron chi connectivity index (χ2n) is 5.36. The van der Waals surface area contributed by atoms with Gasteiger partial charge < -0.3 is 5.32 Å². The summed E-state index contributed by atoms with van der Waals surface area (Å²) in [5.41, 5.74) is 0.990. The van der Waals surface area contributed by atoms with Crippen molar-refractivity contribution >= 4 is 10.0 Å². The minimum absolute atomic E-state index is 0.374. The monoisotopic (exact) mass is 298 g/mol. The molecule has 0 aromatic heterocycles. The van der Waals surface area contributed by atoms with E-state index in [-0.39, 0.29) is 0 Å². The molecule has 0 saturated heterocycles. The second kappa shape index (κ2) is 7.76. The van der Waals surface area contributed by atoms with Crippen LogP contribution in [0.4, 0.5) is 0 Å². The maximum atomic E-state index is 12.4. The van der Waals surface area contributed by atoms with E-state index in [9.17, 15) is 8.42 Å². The molecule has 0 heterocycles. The lowest BCUT2D eigenvalue weighted by atomic mass is 10.2. The summed E-state index contributed by atoms with van der Waals surface area (Å²) in [5.74, 6) is 0. The average Bonchev–Trinajstić information content (AvgIpc) is 2.42. The number of benzene rings is 1. The number of hydrogen-bond donors (Lipinski definition) is 1. The summed E-state index contributed by atoms with van der Waals surface area (Å²) in [5, 5.41) is 3.30.